The van der Waals surface area contributed by atoms with Crippen molar-refractivity contribution in [3.05, 3.63) is 34.1 Å². The van der Waals surface area contributed by atoms with E-state index >= 15 is 0 Å². The first-order valence-electron chi connectivity index (χ1n) is 13.7. The van der Waals surface area contributed by atoms with E-state index < -0.39 is 71.7 Å². The molecule has 42 heavy (non-hydrogen) atoms. The van der Waals surface area contributed by atoms with Crippen LogP contribution in [0.2, 0.25) is 0 Å². The van der Waals surface area contributed by atoms with Crippen LogP contribution < -0.4 is 0 Å². The van der Waals surface area contributed by atoms with Gasteiger partial charge in [-0.15, -0.1) is 0 Å². The summed E-state index contributed by atoms with van der Waals surface area (Å²) in [6, 6.07) is 0. The molecule has 0 spiro atoms. The molecule has 0 saturated heterocycles. The Kier molecular flexibility index (Phi) is 11.7. The zero-order valence-corrected chi connectivity index (χ0v) is 25.6. The molecule has 0 radical (unpaired) electrons. The average molecular weight is 595 g/mol. The van der Waals surface area contributed by atoms with E-state index in [0.29, 0.717) is 11.1 Å². The van der Waals surface area contributed by atoms with Crippen molar-refractivity contribution in [2.24, 2.45) is 11.3 Å². The van der Waals surface area contributed by atoms with E-state index in [-0.39, 0.29) is 36.4 Å². The van der Waals surface area contributed by atoms with Crippen molar-refractivity contribution in [3.63, 3.8) is 0 Å². The van der Waals surface area contributed by atoms with E-state index in [1.807, 2.05) is 0 Å². The van der Waals surface area contributed by atoms with Crippen LogP contribution in [0, 0.1) is 11.3 Å². The topological polar surface area (TPSA) is 172 Å². The van der Waals surface area contributed by atoms with Gasteiger partial charge in [0.25, 0.3) is 0 Å². The molecule has 0 amide bonds. The fourth-order valence-electron chi connectivity index (χ4n) is 5.70. The molecular weight excluding hydrogens is 552 g/mol. The maximum Gasteiger partial charge on any atom is 0.307 e. The van der Waals surface area contributed by atoms with Gasteiger partial charge in [0, 0.05) is 52.5 Å². The van der Waals surface area contributed by atoms with Gasteiger partial charge < -0.3 is 33.9 Å². The Balaban J connectivity index is 3.06. The van der Waals surface area contributed by atoms with Gasteiger partial charge in [0.1, 0.15) is 18.8 Å². The number of esters is 5. The molecule has 0 aromatic rings. The fourth-order valence-corrected chi connectivity index (χ4v) is 5.70. The molecule has 0 heterocycles. The number of fused-ring (bicyclic) bond motifs is 2. The van der Waals surface area contributed by atoms with Crippen LogP contribution in [0.15, 0.2) is 34.1 Å². The van der Waals surface area contributed by atoms with Gasteiger partial charge >= 0.3 is 29.8 Å². The molecule has 234 valence electrons. The lowest BCUT2D eigenvalue weighted by molar-refractivity contribution is -0.153. The number of aliphatic hydroxyl groups excluding tert-OH is 2. The van der Waals surface area contributed by atoms with Crippen molar-refractivity contribution in [1.82, 2.24) is 0 Å². The van der Waals surface area contributed by atoms with E-state index in [4.69, 9.17) is 23.7 Å². The lowest BCUT2D eigenvalue weighted by Crippen LogP contribution is -2.48. The van der Waals surface area contributed by atoms with Crippen LogP contribution in [0.3, 0.4) is 0 Å². The predicted octanol–water partition coefficient (Wildman–Crippen LogP) is 2.60. The molecule has 0 saturated carbocycles. The Morgan fingerprint density at radius 3 is 1.86 bits per heavy atom. The summed E-state index contributed by atoms with van der Waals surface area (Å²) in [6.45, 7) is 12.3. The highest BCUT2D eigenvalue weighted by molar-refractivity contribution is 5.70. The zero-order valence-electron chi connectivity index (χ0n) is 25.6. The van der Waals surface area contributed by atoms with E-state index in [1.54, 1.807) is 20.8 Å². The van der Waals surface area contributed by atoms with Crippen LogP contribution in [0.5, 0.6) is 0 Å². The van der Waals surface area contributed by atoms with Crippen LogP contribution in [-0.4, -0.2) is 77.2 Å². The molecule has 2 N–H and O–H groups in total. The number of carbonyl (C=O) groups is 5. The maximum atomic E-state index is 12.5. The standard InChI is InChI=1S/C30H42O12/c1-14-23(36)11-22-26(40-18(5)33)10-21(13-38-16(3)31)24(37)12-25(39-17(4)32)15(2)28(41-19(6)34)29(42-20(7)35)27(14)30(22,8)9/h10,22-26,29,36-37H,11-13H2,1-9H3. The molecule has 6 atom stereocenters. The highest BCUT2D eigenvalue weighted by Crippen LogP contribution is 2.51. The Morgan fingerprint density at radius 1 is 0.786 bits per heavy atom. The number of hydrogen-bond acceptors (Lipinski definition) is 12. The molecule has 0 aliphatic heterocycles. The van der Waals surface area contributed by atoms with Crippen LogP contribution in [-0.2, 0) is 47.7 Å². The van der Waals surface area contributed by atoms with Crippen molar-refractivity contribution < 1.29 is 57.9 Å². The van der Waals surface area contributed by atoms with Crippen molar-refractivity contribution in [2.45, 2.75) is 106 Å². The van der Waals surface area contributed by atoms with Gasteiger partial charge in [-0.25, -0.2) is 0 Å². The minimum absolute atomic E-state index is 0.113. The summed E-state index contributed by atoms with van der Waals surface area (Å²) in [5, 5.41) is 22.6. The van der Waals surface area contributed by atoms with Crippen LogP contribution in [0.1, 0.15) is 75.2 Å². The highest BCUT2D eigenvalue weighted by atomic mass is 16.6. The molecule has 2 aliphatic carbocycles. The molecule has 2 rings (SSSR count). The molecule has 12 heteroatoms. The maximum absolute atomic E-state index is 12.5. The lowest BCUT2D eigenvalue weighted by atomic mass is 9.60. The van der Waals surface area contributed by atoms with Crippen molar-refractivity contribution in [1.29, 1.82) is 0 Å². The van der Waals surface area contributed by atoms with Crippen LogP contribution in [0.4, 0.5) is 0 Å². The molecule has 0 aromatic heterocycles. The average Bonchev–Trinajstić information content (AvgIpc) is 2.83. The first-order valence-corrected chi connectivity index (χ1v) is 13.7. The monoisotopic (exact) mass is 594 g/mol. The van der Waals surface area contributed by atoms with E-state index in [0.717, 1.165) is 13.8 Å². The van der Waals surface area contributed by atoms with Crippen molar-refractivity contribution >= 4 is 29.8 Å². The number of hydrogen-bond donors (Lipinski definition) is 2. The third-order valence-corrected chi connectivity index (χ3v) is 7.63. The van der Waals surface area contributed by atoms with Gasteiger partial charge in [-0.05, 0) is 48.5 Å². The normalized spacial score (nSPS) is 27.9. The third-order valence-electron chi connectivity index (χ3n) is 7.63. The van der Waals surface area contributed by atoms with Gasteiger partial charge in [-0.1, -0.05) is 13.8 Å². The number of aliphatic hydroxyl groups is 2. The first kappa shape index (κ1) is 34.7. The summed E-state index contributed by atoms with van der Waals surface area (Å²) in [4.78, 5) is 61.0. The largest absolute Gasteiger partial charge is 0.461 e. The lowest BCUT2D eigenvalue weighted by Gasteiger charge is -2.48. The van der Waals surface area contributed by atoms with E-state index in [1.165, 1.54) is 33.8 Å². The second-order valence-electron chi connectivity index (χ2n) is 11.3. The van der Waals surface area contributed by atoms with Crippen LogP contribution >= 0.6 is 0 Å². The second-order valence-corrected chi connectivity index (χ2v) is 11.3. The van der Waals surface area contributed by atoms with Gasteiger partial charge in [-0.2, -0.15) is 0 Å². The van der Waals surface area contributed by atoms with Gasteiger partial charge in [-0.3, -0.25) is 24.0 Å². The second kappa shape index (κ2) is 14.1. The summed E-state index contributed by atoms with van der Waals surface area (Å²) >= 11 is 0. The van der Waals surface area contributed by atoms with E-state index in [2.05, 4.69) is 0 Å². The van der Waals surface area contributed by atoms with Crippen molar-refractivity contribution in [3.8, 4) is 0 Å². The predicted molar refractivity (Wildman–Crippen MR) is 147 cm³/mol. The Hall–Kier alpha value is -3.51. The minimum atomic E-state index is -1.40. The minimum Gasteiger partial charge on any atom is -0.461 e. The molecular formula is C30H42O12. The number of ether oxygens (including phenoxy) is 5. The summed E-state index contributed by atoms with van der Waals surface area (Å²) in [5.74, 6) is -4.27. The van der Waals surface area contributed by atoms with Gasteiger partial charge in [0.2, 0.25) is 0 Å². The Labute approximate surface area is 245 Å². The fraction of sp³-hybridized carbons (Fsp3) is 0.633. The van der Waals surface area contributed by atoms with Crippen LogP contribution in [0.25, 0.3) is 0 Å². The quantitative estimate of drug-likeness (QED) is 0.262. The summed E-state index contributed by atoms with van der Waals surface area (Å²) in [7, 11) is 0. The SMILES string of the molecule is CC(=O)OCC1=CC(OC(C)=O)C2CC(O)C(C)=C(C(OC(C)=O)C(OC(C)=O)=C(C)C(OC(C)=O)CC1O)C2(C)C. The molecule has 6 unspecified atom stereocenters. The molecule has 0 aromatic carbocycles. The first-order chi connectivity index (χ1) is 19.4. The zero-order chi connectivity index (χ0) is 32.1. The molecule has 2 aliphatic rings. The molecule has 12 nitrogen and oxygen atoms in total. The summed E-state index contributed by atoms with van der Waals surface area (Å²) in [5.41, 5.74) is 0.172. The smallest absolute Gasteiger partial charge is 0.307 e. The number of rotatable bonds is 6. The van der Waals surface area contributed by atoms with Crippen molar-refractivity contribution in [2.75, 3.05) is 6.61 Å². The van der Waals surface area contributed by atoms with Gasteiger partial charge in [0.15, 0.2) is 11.9 Å². The Morgan fingerprint density at radius 2 is 1.36 bits per heavy atom. The summed E-state index contributed by atoms with van der Waals surface area (Å²) in [6.07, 6.45) is -4.79. The Bertz CT molecular complexity index is 1190. The van der Waals surface area contributed by atoms with Gasteiger partial charge in [0.05, 0.1) is 12.2 Å². The molecule has 0 fully saturated rings. The highest BCUT2D eigenvalue weighted by Gasteiger charge is 2.50. The summed E-state index contributed by atoms with van der Waals surface area (Å²) < 4.78 is 27.9. The van der Waals surface area contributed by atoms with E-state index in [9.17, 15) is 34.2 Å². The number of carbonyl (C=O) groups excluding carboxylic acids is 5. The third kappa shape index (κ3) is 8.51. The molecule has 2 bridgehead atoms.